The Balaban J connectivity index is 1.30. The quantitative estimate of drug-likeness (QED) is 0.177. The average molecular weight is 562 g/mol. The van der Waals surface area contributed by atoms with Crippen molar-refractivity contribution in [2.45, 2.75) is 52.5 Å². The van der Waals surface area contributed by atoms with Gasteiger partial charge in [-0.05, 0) is 67.5 Å². The third kappa shape index (κ3) is 6.83. The Morgan fingerprint density at radius 2 is 1.88 bits per heavy atom. The molecule has 0 spiro atoms. The first-order valence-corrected chi connectivity index (χ1v) is 14.5. The molecule has 40 heavy (non-hydrogen) atoms. The Morgan fingerprint density at radius 1 is 1.05 bits per heavy atom. The largest absolute Gasteiger partial charge is 0.453 e. The maximum Gasteiger partial charge on any atom is 0.410 e. The molecule has 1 aliphatic carbocycles. The average Bonchev–Trinajstić information content (AvgIpc) is 3.64. The lowest BCUT2D eigenvalue weighted by molar-refractivity contribution is -0.118. The van der Waals surface area contributed by atoms with Gasteiger partial charge < -0.3 is 14.4 Å². The predicted octanol–water partition coefficient (Wildman–Crippen LogP) is 7.57. The highest BCUT2D eigenvalue weighted by Crippen LogP contribution is 2.39. The SMILES string of the molecule is CCCN(Cc1ccc(-c2cc3nccc(Oc4ccc(CC(=O)CC5CC5)cc4F)c3s2)nc1)C(=O)OCC. The van der Waals surface area contributed by atoms with Crippen LogP contribution in [-0.2, 0) is 22.5 Å². The van der Waals surface area contributed by atoms with Crippen molar-refractivity contribution in [2.24, 2.45) is 5.92 Å². The van der Waals surface area contributed by atoms with Gasteiger partial charge in [0.2, 0.25) is 0 Å². The number of hydrogen-bond donors (Lipinski definition) is 0. The highest BCUT2D eigenvalue weighted by atomic mass is 32.1. The smallest absolute Gasteiger partial charge is 0.410 e. The number of Topliss-reactive ketones (excluding diaryl/α,β-unsaturated/α-hetero) is 1. The fourth-order valence-electron chi connectivity index (χ4n) is 4.52. The summed E-state index contributed by atoms with van der Waals surface area (Å²) in [7, 11) is 0. The van der Waals surface area contributed by atoms with E-state index in [0.29, 0.717) is 43.3 Å². The zero-order chi connectivity index (χ0) is 28.1. The number of pyridine rings is 2. The summed E-state index contributed by atoms with van der Waals surface area (Å²) in [6, 6.07) is 12.2. The van der Waals surface area contributed by atoms with Crippen LogP contribution in [0.3, 0.4) is 0 Å². The van der Waals surface area contributed by atoms with Crippen molar-refractivity contribution in [3.05, 3.63) is 71.8 Å². The fraction of sp³-hybridized carbons (Fsp3) is 0.355. The summed E-state index contributed by atoms with van der Waals surface area (Å²) in [5.41, 5.74) is 3.05. The molecule has 1 aromatic carbocycles. The summed E-state index contributed by atoms with van der Waals surface area (Å²) in [6.07, 6.45) is 6.96. The third-order valence-corrected chi connectivity index (χ3v) is 7.84. The van der Waals surface area contributed by atoms with Crippen LogP contribution in [0.25, 0.3) is 20.8 Å². The predicted molar refractivity (Wildman–Crippen MR) is 153 cm³/mol. The molecule has 9 heteroatoms. The molecule has 1 aliphatic rings. The van der Waals surface area contributed by atoms with Crippen LogP contribution in [0.5, 0.6) is 11.5 Å². The maximum absolute atomic E-state index is 14.9. The van der Waals surface area contributed by atoms with Gasteiger partial charge in [0, 0.05) is 37.8 Å². The summed E-state index contributed by atoms with van der Waals surface area (Å²) in [5.74, 6) is 0.762. The van der Waals surface area contributed by atoms with Crippen molar-refractivity contribution in [3.63, 3.8) is 0 Å². The van der Waals surface area contributed by atoms with Crippen molar-refractivity contribution < 1.29 is 23.5 Å². The van der Waals surface area contributed by atoms with Crippen molar-refractivity contribution >= 4 is 33.4 Å². The minimum absolute atomic E-state index is 0.0987. The van der Waals surface area contributed by atoms with Gasteiger partial charge in [0.1, 0.15) is 11.5 Å². The van der Waals surface area contributed by atoms with E-state index in [1.165, 1.54) is 17.4 Å². The van der Waals surface area contributed by atoms with Gasteiger partial charge in [-0.25, -0.2) is 9.18 Å². The third-order valence-electron chi connectivity index (χ3n) is 6.68. The van der Waals surface area contributed by atoms with Crippen LogP contribution in [0, 0.1) is 11.7 Å². The van der Waals surface area contributed by atoms with E-state index >= 15 is 0 Å². The van der Waals surface area contributed by atoms with Crippen LogP contribution >= 0.6 is 11.3 Å². The molecule has 0 N–H and O–H groups in total. The van der Waals surface area contributed by atoms with E-state index in [1.807, 2.05) is 25.1 Å². The van der Waals surface area contributed by atoms with Crippen molar-refractivity contribution in [3.8, 4) is 22.1 Å². The number of benzene rings is 1. The number of hydrogen-bond acceptors (Lipinski definition) is 7. The molecule has 0 atom stereocenters. The van der Waals surface area contributed by atoms with Gasteiger partial charge in [0.25, 0.3) is 0 Å². The van der Waals surface area contributed by atoms with E-state index in [0.717, 1.165) is 45.6 Å². The summed E-state index contributed by atoms with van der Waals surface area (Å²) in [4.78, 5) is 36.1. The van der Waals surface area contributed by atoms with Crippen LogP contribution in [0.15, 0.2) is 54.9 Å². The van der Waals surface area contributed by atoms with E-state index < -0.39 is 5.82 Å². The molecule has 5 rings (SSSR count). The van der Waals surface area contributed by atoms with Crippen LogP contribution < -0.4 is 4.74 Å². The number of carbonyl (C=O) groups excluding carboxylic acids is 2. The minimum atomic E-state index is -0.504. The van der Waals surface area contributed by atoms with E-state index in [2.05, 4.69) is 9.97 Å². The maximum atomic E-state index is 14.9. The van der Waals surface area contributed by atoms with Gasteiger partial charge >= 0.3 is 6.09 Å². The molecule has 0 radical (unpaired) electrons. The summed E-state index contributed by atoms with van der Waals surface area (Å²) in [5, 5.41) is 0. The number of ketones is 1. The second-order valence-corrected chi connectivity index (χ2v) is 11.1. The van der Waals surface area contributed by atoms with Gasteiger partial charge in [-0.15, -0.1) is 11.3 Å². The Labute approximate surface area is 237 Å². The summed E-state index contributed by atoms with van der Waals surface area (Å²) in [6.45, 7) is 5.17. The molecule has 3 aromatic heterocycles. The Bertz CT molecular complexity index is 1500. The summed E-state index contributed by atoms with van der Waals surface area (Å²) >= 11 is 1.46. The lowest BCUT2D eigenvalue weighted by atomic mass is 10.0. The number of aromatic nitrogens is 2. The Kier molecular flexibility index (Phi) is 8.69. The highest BCUT2D eigenvalue weighted by Gasteiger charge is 2.24. The molecule has 4 aromatic rings. The molecule has 1 amide bonds. The molecule has 0 unspecified atom stereocenters. The molecule has 1 saturated carbocycles. The number of carbonyl (C=O) groups is 2. The Morgan fingerprint density at radius 3 is 2.58 bits per heavy atom. The number of halogens is 1. The number of amides is 1. The molecule has 3 heterocycles. The molecule has 0 aliphatic heterocycles. The standard InChI is InChI=1S/C31H32FN3O4S/c1-3-13-35(31(37)38-4-2)19-22-7-9-25(34-18-22)29-17-26-30(40-29)28(11-12-33-26)39-27-10-8-21(16-24(27)32)15-23(36)14-20-5-6-20/h7-12,16-18,20H,3-6,13-15,19H2,1-2H3. The van der Waals surface area contributed by atoms with Gasteiger partial charge in [-0.3, -0.25) is 14.8 Å². The normalized spacial score (nSPS) is 12.9. The zero-order valence-corrected chi connectivity index (χ0v) is 23.5. The second-order valence-electron chi connectivity index (χ2n) is 10.0. The Hall–Kier alpha value is -3.85. The number of ether oxygens (including phenoxy) is 2. The van der Waals surface area contributed by atoms with E-state index in [9.17, 15) is 14.0 Å². The molecular weight excluding hydrogens is 529 g/mol. The lowest BCUT2D eigenvalue weighted by Gasteiger charge is -2.21. The number of nitrogens with zero attached hydrogens (tertiary/aromatic N) is 3. The number of thiophene rings is 1. The second kappa shape index (κ2) is 12.6. The number of fused-ring (bicyclic) bond motifs is 1. The van der Waals surface area contributed by atoms with Crippen molar-refractivity contribution in [2.75, 3.05) is 13.2 Å². The van der Waals surface area contributed by atoms with Crippen LogP contribution in [0.2, 0.25) is 0 Å². The highest BCUT2D eigenvalue weighted by molar-refractivity contribution is 7.22. The molecule has 7 nitrogen and oxygen atoms in total. The van der Waals surface area contributed by atoms with E-state index in [1.54, 1.807) is 42.4 Å². The monoisotopic (exact) mass is 561 g/mol. The van der Waals surface area contributed by atoms with Crippen LogP contribution in [0.1, 0.15) is 50.7 Å². The lowest BCUT2D eigenvalue weighted by Crippen LogP contribution is -2.31. The molecule has 1 fully saturated rings. The fourth-order valence-corrected chi connectivity index (χ4v) is 5.57. The molecule has 0 bridgehead atoms. The zero-order valence-electron chi connectivity index (χ0n) is 22.7. The van der Waals surface area contributed by atoms with Crippen molar-refractivity contribution in [1.29, 1.82) is 0 Å². The van der Waals surface area contributed by atoms with Gasteiger partial charge in [-0.2, -0.15) is 0 Å². The van der Waals surface area contributed by atoms with Crippen LogP contribution in [-0.4, -0.2) is 39.9 Å². The van der Waals surface area contributed by atoms with Gasteiger partial charge in [-0.1, -0.05) is 19.1 Å². The first kappa shape index (κ1) is 27.7. The molecule has 208 valence electrons. The van der Waals surface area contributed by atoms with Crippen LogP contribution in [0.4, 0.5) is 9.18 Å². The number of rotatable bonds is 12. The molecular formula is C31H32FN3O4S. The van der Waals surface area contributed by atoms with Gasteiger partial charge in [0.15, 0.2) is 11.6 Å². The molecule has 0 saturated heterocycles. The summed E-state index contributed by atoms with van der Waals surface area (Å²) < 4.78 is 26.8. The topological polar surface area (TPSA) is 81.6 Å². The van der Waals surface area contributed by atoms with Gasteiger partial charge in [0.05, 0.1) is 33.9 Å². The van der Waals surface area contributed by atoms with E-state index in [4.69, 9.17) is 9.47 Å². The first-order chi connectivity index (χ1) is 19.4. The van der Waals surface area contributed by atoms with Crippen molar-refractivity contribution in [1.82, 2.24) is 14.9 Å². The first-order valence-electron chi connectivity index (χ1n) is 13.7. The van der Waals surface area contributed by atoms with E-state index in [-0.39, 0.29) is 24.0 Å². The minimum Gasteiger partial charge on any atom is -0.453 e.